The maximum absolute atomic E-state index is 9.86. The molecule has 2 unspecified atom stereocenters. The van der Waals surface area contributed by atoms with E-state index in [1.54, 1.807) is 6.07 Å². The minimum absolute atomic E-state index is 0.127. The first-order valence-corrected chi connectivity index (χ1v) is 5.95. The lowest BCUT2D eigenvalue weighted by molar-refractivity contribution is 0.204. The van der Waals surface area contributed by atoms with Gasteiger partial charge in [0.2, 0.25) is 0 Å². The third kappa shape index (κ3) is 3.74. The molecule has 1 rings (SSSR count). The highest BCUT2D eigenvalue weighted by Gasteiger charge is 2.12. The van der Waals surface area contributed by atoms with E-state index < -0.39 is 6.10 Å². The number of benzene rings is 1. The number of anilines is 1. The van der Waals surface area contributed by atoms with Crippen molar-refractivity contribution in [2.24, 2.45) is 0 Å². The Morgan fingerprint density at radius 3 is 2.67 bits per heavy atom. The second-order valence-corrected chi connectivity index (χ2v) is 4.94. The molecule has 3 nitrogen and oxygen atoms in total. The third-order valence-electron chi connectivity index (χ3n) is 2.15. The van der Waals surface area contributed by atoms with Gasteiger partial charge < -0.3 is 15.9 Å². The average molecular weight is 227 g/mol. The first kappa shape index (κ1) is 12.4. The van der Waals surface area contributed by atoms with Crippen LogP contribution in [0.5, 0.6) is 0 Å². The number of rotatable bonds is 5. The summed E-state index contributed by atoms with van der Waals surface area (Å²) in [4.78, 5) is 0. The predicted molar refractivity (Wildman–Crippen MR) is 64.8 cm³/mol. The zero-order chi connectivity index (χ0) is 11.3. The van der Waals surface area contributed by atoms with Gasteiger partial charge >= 0.3 is 0 Å². The molecule has 0 amide bonds. The molecule has 1 aromatic rings. The molecule has 4 heteroatoms. The van der Waals surface area contributed by atoms with Gasteiger partial charge in [0.05, 0.1) is 12.7 Å². The Labute approximate surface area is 94.3 Å². The van der Waals surface area contributed by atoms with Crippen LogP contribution in [-0.2, 0) is 0 Å². The van der Waals surface area contributed by atoms with Crippen molar-refractivity contribution in [1.82, 2.24) is 0 Å². The largest absolute Gasteiger partial charge is 0.398 e. The highest BCUT2D eigenvalue weighted by atomic mass is 32.2. The Hall–Kier alpha value is -0.710. The van der Waals surface area contributed by atoms with Crippen molar-refractivity contribution in [2.45, 2.75) is 18.3 Å². The van der Waals surface area contributed by atoms with E-state index in [9.17, 15) is 5.11 Å². The SMILES string of the molecule is CC(CO)SCC(O)c1ccccc1N. The molecule has 0 spiro atoms. The summed E-state index contributed by atoms with van der Waals surface area (Å²) < 4.78 is 0. The van der Waals surface area contributed by atoms with E-state index >= 15 is 0 Å². The van der Waals surface area contributed by atoms with E-state index in [1.807, 2.05) is 25.1 Å². The minimum Gasteiger partial charge on any atom is -0.398 e. The number of nitrogen functional groups attached to an aromatic ring is 1. The first-order valence-electron chi connectivity index (χ1n) is 4.90. The third-order valence-corrected chi connectivity index (χ3v) is 3.38. The van der Waals surface area contributed by atoms with Gasteiger partial charge in [0, 0.05) is 22.3 Å². The molecule has 15 heavy (non-hydrogen) atoms. The van der Waals surface area contributed by atoms with E-state index in [2.05, 4.69) is 0 Å². The van der Waals surface area contributed by atoms with Crippen LogP contribution in [0.4, 0.5) is 5.69 Å². The molecular weight excluding hydrogens is 210 g/mol. The molecule has 0 aliphatic carbocycles. The summed E-state index contributed by atoms with van der Waals surface area (Å²) >= 11 is 1.53. The predicted octanol–water partition coefficient (Wildman–Crippen LogP) is 1.42. The number of hydrogen-bond donors (Lipinski definition) is 3. The molecule has 2 atom stereocenters. The maximum Gasteiger partial charge on any atom is 0.0900 e. The Morgan fingerprint density at radius 2 is 2.07 bits per heavy atom. The topological polar surface area (TPSA) is 66.5 Å². The molecule has 0 aliphatic rings. The molecule has 4 N–H and O–H groups in total. The van der Waals surface area contributed by atoms with Crippen LogP contribution in [0.2, 0.25) is 0 Å². The second kappa shape index (κ2) is 6.00. The Balaban J connectivity index is 2.54. The fourth-order valence-corrected chi connectivity index (χ4v) is 2.01. The van der Waals surface area contributed by atoms with Crippen molar-refractivity contribution < 1.29 is 10.2 Å². The van der Waals surface area contributed by atoms with E-state index in [0.717, 1.165) is 5.56 Å². The van der Waals surface area contributed by atoms with Crippen LogP contribution in [-0.4, -0.2) is 27.8 Å². The van der Waals surface area contributed by atoms with Gasteiger partial charge in [-0.25, -0.2) is 0 Å². The van der Waals surface area contributed by atoms with Gasteiger partial charge in [-0.05, 0) is 6.07 Å². The summed E-state index contributed by atoms with van der Waals surface area (Å²) in [5, 5.41) is 18.9. The van der Waals surface area contributed by atoms with Crippen molar-refractivity contribution in [3.05, 3.63) is 29.8 Å². The van der Waals surface area contributed by atoms with Crippen LogP contribution in [0.15, 0.2) is 24.3 Å². The minimum atomic E-state index is -0.565. The van der Waals surface area contributed by atoms with Crippen LogP contribution < -0.4 is 5.73 Å². The van der Waals surface area contributed by atoms with Crippen LogP contribution in [0.25, 0.3) is 0 Å². The fraction of sp³-hybridized carbons (Fsp3) is 0.455. The Morgan fingerprint density at radius 1 is 1.40 bits per heavy atom. The lowest BCUT2D eigenvalue weighted by Crippen LogP contribution is -2.09. The number of aliphatic hydroxyl groups excluding tert-OH is 2. The van der Waals surface area contributed by atoms with Crippen molar-refractivity contribution in [3.63, 3.8) is 0 Å². The van der Waals surface area contributed by atoms with E-state index in [0.29, 0.717) is 11.4 Å². The smallest absolute Gasteiger partial charge is 0.0900 e. The monoisotopic (exact) mass is 227 g/mol. The van der Waals surface area contributed by atoms with Crippen molar-refractivity contribution in [3.8, 4) is 0 Å². The molecule has 1 aromatic carbocycles. The van der Waals surface area contributed by atoms with Crippen molar-refractivity contribution in [2.75, 3.05) is 18.1 Å². The quantitative estimate of drug-likeness (QED) is 0.665. The standard InChI is InChI=1S/C11H17NO2S/c1-8(6-13)15-7-11(14)9-4-2-3-5-10(9)12/h2-5,8,11,13-14H,6-7,12H2,1H3. The molecule has 0 saturated carbocycles. The number of nitrogens with two attached hydrogens (primary N) is 1. The number of hydrogen-bond acceptors (Lipinski definition) is 4. The summed E-state index contributed by atoms with van der Waals surface area (Å²) in [5.41, 5.74) is 7.11. The van der Waals surface area contributed by atoms with Gasteiger partial charge in [-0.2, -0.15) is 11.8 Å². The van der Waals surface area contributed by atoms with Crippen LogP contribution in [0.3, 0.4) is 0 Å². The van der Waals surface area contributed by atoms with Gasteiger partial charge in [-0.3, -0.25) is 0 Å². The zero-order valence-electron chi connectivity index (χ0n) is 8.76. The van der Waals surface area contributed by atoms with Gasteiger partial charge in [0.25, 0.3) is 0 Å². The van der Waals surface area contributed by atoms with Gasteiger partial charge in [-0.1, -0.05) is 25.1 Å². The van der Waals surface area contributed by atoms with Crippen LogP contribution in [0, 0.1) is 0 Å². The molecule has 84 valence electrons. The highest BCUT2D eigenvalue weighted by molar-refractivity contribution is 7.99. The lowest BCUT2D eigenvalue weighted by Gasteiger charge is -2.14. The summed E-state index contributed by atoms with van der Waals surface area (Å²) in [5.74, 6) is 0.552. The van der Waals surface area contributed by atoms with Crippen molar-refractivity contribution >= 4 is 17.4 Å². The van der Waals surface area contributed by atoms with Gasteiger partial charge in [-0.15, -0.1) is 0 Å². The van der Waals surface area contributed by atoms with Crippen molar-refractivity contribution in [1.29, 1.82) is 0 Å². The van der Waals surface area contributed by atoms with Crippen LogP contribution in [0.1, 0.15) is 18.6 Å². The molecule has 0 aromatic heterocycles. The number of aliphatic hydroxyl groups is 2. The lowest BCUT2D eigenvalue weighted by atomic mass is 10.1. The van der Waals surface area contributed by atoms with E-state index in [-0.39, 0.29) is 11.9 Å². The molecule has 0 bridgehead atoms. The second-order valence-electron chi connectivity index (χ2n) is 3.47. The number of para-hydroxylation sites is 1. The molecule has 0 heterocycles. The summed E-state index contributed by atoms with van der Waals surface area (Å²) in [6.45, 7) is 2.05. The molecule has 0 saturated heterocycles. The van der Waals surface area contributed by atoms with Gasteiger partial charge in [0.15, 0.2) is 0 Å². The summed E-state index contributed by atoms with van der Waals surface area (Å²) in [6.07, 6.45) is -0.565. The maximum atomic E-state index is 9.86. The van der Waals surface area contributed by atoms with E-state index in [4.69, 9.17) is 10.8 Å². The highest BCUT2D eigenvalue weighted by Crippen LogP contribution is 2.24. The molecule has 0 radical (unpaired) electrons. The fourth-order valence-electron chi connectivity index (χ4n) is 1.21. The van der Waals surface area contributed by atoms with E-state index in [1.165, 1.54) is 11.8 Å². The molecule has 0 aliphatic heterocycles. The molecular formula is C11H17NO2S. The average Bonchev–Trinajstić information content (AvgIpc) is 2.26. The Bertz CT molecular complexity index is 306. The summed E-state index contributed by atoms with van der Waals surface area (Å²) in [7, 11) is 0. The van der Waals surface area contributed by atoms with Crippen LogP contribution >= 0.6 is 11.8 Å². The first-order chi connectivity index (χ1) is 7.15. The van der Waals surface area contributed by atoms with Gasteiger partial charge in [0.1, 0.15) is 0 Å². The molecule has 0 fully saturated rings. The normalized spacial score (nSPS) is 14.9. The Kier molecular flexibility index (Phi) is 4.94. The number of thioether (sulfide) groups is 1. The zero-order valence-corrected chi connectivity index (χ0v) is 9.57. The summed E-state index contributed by atoms with van der Waals surface area (Å²) in [6, 6.07) is 7.30.